The maximum Gasteiger partial charge on any atom is 0.302 e. The number of fused-ring (bicyclic) bond motifs is 4. The Balaban J connectivity index is 1.43. The topological polar surface area (TPSA) is 55.9 Å². The zero-order valence-corrected chi connectivity index (χ0v) is 17.0. The summed E-state index contributed by atoms with van der Waals surface area (Å²) in [4.78, 5) is 23.7. The SMILES string of the molecule is CC(=O)O[C@H]1CC[C@]2(C)[C@@H]3CC[C@@]4(C)C(C(C)=O)=CC[C@@H]4[C@H]3C[C@H]3O[C@@]32C1. The van der Waals surface area contributed by atoms with E-state index < -0.39 is 0 Å². The van der Waals surface area contributed by atoms with Crippen molar-refractivity contribution in [2.24, 2.45) is 28.6 Å². The van der Waals surface area contributed by atoms with Gasteiger partial charge in [-0.25, -0.2) is 0 Å². The first-order valence-corrected chi connectivity index (χ1v) is 10.8. The molecule has 0 aromatic rings. The zero-order chi connectivity index (χ0) is 19.2. The van der Waals surface area contributed by atoms with Gasteiger partial charge in [-0.05, 0) is 74.2 Å². The summed E-state index contributed by atoms with van der Waals surface area (Å²) >= 11 is 0. The van der Waals surface area contributed by atoms with E-state index in [4.69, 9.17) is 9.47 Å². The Bertz CT molecular complexity index is 741. The third-order valence-electron chi connectivity index (χ3n) is 9.33. The lowest BCUT2D eigenvalue weighted by molar-refractivity contribution is -0.156. The van der Waals surface area contributed by atoms with Gasteiger partial charge in [0, 0.05) is 18.8 Å². The van der Waals surface area contributed by atoms with E-state index in [1.165, 1.54) is 13.3 Å². The highest BCUT2D eigenvalue weighted by molar-refractivity contribution is 5.95. The van der Waals surface area contributed by atoms with Gasteiger partial charge in [-0.2, -0.15) is 0 Å². The van der Waals surface area contributed by atoms with Gasteiger partial charge in [0.2, 0.25) is 0 Å². The van der Waals surface area contributed by atoms with Crippen molar-refractivity contribution >= 4 is 11.8 Å². The Morgan fingerprint density at radius 2 is 1.93 bits per heavy atom. The first-order chi connectivity index (χ1) is 12.7. The number of hydrogen-bond acceptors (Lipinski definition) is 4. The molecule has 5 rings (SSSR count). The van der Waals surface area contributed by atoms with E-state index in [9.17, 15) is 9.59 Å². The lowest BCUT2D eigenvalue weighted by Gasteiger charge is -2.59. The summed E-state index contributed by atoms with van der Waals surface area (Å²) in [5, 5.41) is 0. The molecule has 0 N–H and O–H groups in total. The van der Waals surface area contributed by atoms with Gasteiger partial charge >= 0.3 is 5.97 Å². The minimum absolute atomic E-state index is 0.0171. The molecule has 4 aliphatic carbocycles. The largest absolute Gasteiger partial charge is 0.462 e. The van der Waals surface area contributed by atoms with Gasteiger partial charge < -0.3 is 9.47 Å². The molecule has 1 spiro atoms. The summed E-state index contributed by atoms with van der Waals surface area (Å²) in [7, 11) is 0. The third kappa shape index (κ3) is 2.19. The fourth-order valence-corrected chi connectivity index (χ4v) is 8.09. The van der Waals surface area contributed by atoms with Crippen LogP contribution in [0.25, 0.3) is 0 Å². The summed E-state index contributed by atoms with van der Waals surface area (Å²) < 4.78 is 12.0. The molecule has 0 unspecified atom stereocenters. The van der Waals surface area contributed by atoms with E-state index >= 15 is 0 Å². The Morgan fingerprint density at radius 3 is 2.63 bits per heavy atom. The predicted molar refractivity (Wildman–Crippen MR) is 101 cm³/mol. The number of ketones is 1. The van der Waals surface area contributed by atoms with E-state index in [-0.39, 0.29) is 34.3 Å². The molecule has 4 nitrogen and oxygen atoms in total. The van der Waals surface area contributed by atoms with E-state index in [0.29, 0.717) is 23.9 Å². The van der Waals surface area contributed by atoms with Crippen molar-refractivity contribution in [3.8, 4) is 0 Å². The number of carbonyl (C=O) groups excluding carboxylic acids is 2. The maximum atomic E-state index is 12.2. The number of esters is 1. The molecule has 3 saturated carbocycles. The van der Waals surface area contributed by atoms with E-state index in [1.54, 1.807) is 6.92 Å². The number of hydrogen-bond donors (Lipinski definition) is 0. The number of carbonyl (C=O) groups is 2. The van der Waals surface area contributed by atoms with Gasteiger partial charge in [0.15, 0.2) is 5.78 Å². The molecule has 0 bridgehead atoms. The fourth-order valence-electron chi connectivity index (χ4n) is 8.09. The summed E-state index contributed by atoms with van der Waals surface area (Å²) in [5.74, 6) is 1.98. The normalized spacial score (nSPS) is 52.6. The minimum Gasteiger partial charge on any atom is -0.462 e. The van der Waals surface area contributed by atoms with Crippen molar-refractivity contribution in [3.63, 3.8) is 0 Å². The van der Waals surface area contributed by atoms with Crippen LogP contribution in [0.3, 0.4) is 0 Å². The van der Waals surface area contributed by atoms with Crippen molar-refractivity contribution in [2.75, 3.05) is 0 Å². The Labute approximate surface area is 162 Å². The quantitative estimate of drug-likeness (QED) is 0.538. The monoisotopic (exact) mass is 372 g/mol. The van der Waals surface area contributed by atoms with Gasteiger partial charge in [0.25, 0.3) is 0 Å². The van der Waals surface area contributed by atoms with Crippen LogP contribution in [0.15, 0.2) is 11.6 Å². The minimum atomic E-state index is -0.173. The summed E-state index contributed by atoms with van der Waals surface area (Å²) in [6.45, 7) is 8.03. The second kappa shape index (κ2) is 5.46. The zero-order valence-electron chi connectivity index (χ0n) is 17.0. The van der Waals surface area contributed by atoms with Gasteiger partial charge in [-0.1, -0.05) is 19.9 Å². The molecule has 1 saturated heterocycles. The third-order valence-corrected chi connectivity index (χ3v) is 9.33. The van der Waals surface area contributed by atoms with Gasteiger partial charge in [0.05, 0.1) is 6.10 Å². The first kappa shape index (κ1) is 17.9. The van der Waals surface area contributed by atoms with Crippen LogP contribution in [0.1, 0.15) is 72.6 Å². The van der Waals surface area contributed by atoms with Crippen LogP contribution in [0, 0.1) is 28.6 Å². The van der Waals surface area contributed by atoms with E-state index in [0.717, 1.165) is 44.1 Å². The Morgan fingerprint density at radius 1 is 1.15 bits per heavy atom. The molecule has 148 valence electrons. The lowest BCUT2D eigenvalue weighted by Crippen LogP contribution is -2.58. The Hall–Kier alpha value is -1.16. The highest BCUT2D eigenvalue weighted by Gasteiger charge is 2.76. The van der Waals surface area contributed by atoms with Crippen molar-refractivity contribution in [2.45, 2.75) is 90.4 Å². The number of allylic oxidation sites excluding steroid dienone is 2. The highest BCUT2D eigenvalue weighted by atomic mass is 16.6. The average molecular weight is 373 g/mol. The highest BCUT2D eigenvalue weighted by Crippen LogP contribution is 2.73. The maximum absolute atomic E-state index is 12.2. The predicted octanol–water partition coefficient (Wildman–Crippen LogP) is 4.22. The molecule has 4 heteroatoms. The molecule has 1 heterocycles. The van der Waals surface area contributed by atoms with Crippen LogP contribution in [-0.4, -0.2) is 29.6 Å². The fraction of sp³-hybridized carbons (Fsp3) is 0.826. The number of epoxide rings is 1. The number of rotatable bonds is 2. The second-order valence-electron chi connectivity index (χ2n) is 10.4. The van der Waals surface area contributed by atoms with Gasteiger partial charge in [0.1, 0.15) is 11.7 Å². The molecule has 1 aliphatic heterocycles. The van der Waals surface area contributed by atoms with Crippen molar-refractivity contribution in [1.82, 2.24) is 0 Å². The molecule has 27 heavy (non-hydrogen) atoms. The van der Waals surface area contributed by atoms with Crippen LogP contribution in [-0.2, 0) is 19.1 Å². The molecule has 5 aliphatic rings. The lowest BCUT2D eigenvalue weighted by atomic mass is 9.44. The average Bonchev–Trinajstić information content (AvgIpc) is 3.15. The smallest absolute Gasteiger partial charge is 0.302 e. The molecule has 0 amide bonds. The molecule has 0 aromatic heterocycles. The van der Waals surface area contributed by atoms with Gasteiger partial charge in [-0.3, -0.25) is 9.59 Å². The second-order valence-corrected chi connectivity index (χ2v) is 10.4. The molecule has 4 fully saturated rings. The van der Waals surface area contributed by atoms with E-state index in [2.05, 4.69) is 19.9 Å². The van der Waals surface area contributed by atoms with Crippen molar-refractivity contribution in [1.29, 1.82) is 0 Å². The van der Waals surface area contributed by atoms with Crippen molar-refractivity contribution < 1.29 is 19.1 Å². The van der Waals surface area contributed by atoms with Gasteiger partial charge in [-0.15, -0.1) is 0 Å². The van der Waals surface area contributed by atoms with Crippen LogP contribution in [0.2, 0.25) is 0 Å². The van der Waals surface area contributed by atoms with Crippen LogP contribution >= 0.6 is 0 Å². The first-order valence-electron chi connectivity index (χ1n) is 10.8. The summed E-state index contributed by atoms with van der Waals surface area (Å²) in [6, 6.07) is 0. The summed E-state index contributed by atoms with van der Waals surface area (Å²) in [5.41, 5.74) is 1.25. The van der Waals surface area contributed by atoms with Crippen LogP contribution < -0.4 is 0 Å². The molecule has 0 aromatic carbocycles. The van der Waals surface area contributed by atoms with E-state index in [1.807, 2.05) is 0 Å². The molecule has 8 atom stereocenters. The number of ether oxygens (including phenoxy) is 2. The van der Waals surface area contributed by atoms with Crippen LogP contribution in [0.4, 0.5) is 0 Å². The van der Waals surface area contributed by atoms with Crippen molar-refractivity contribution in [3.05, 3.63) is 11.6 Å². The van der Waals surface area contributed by atoms with Crippen LogP contribution in [0.5, 0.6) is 0 Å². The molecular formula is C23H32O4. The molecular weight excluding hydrogens is 340 g/mol. The molecule has 0 radical (unpaired) electrons. The Kier molecular flexibility index (Phi) is 3.62. The summed E-state index contributed by atoms with van der Waals surface area (Å²) in [6.07, 6.45) is 9.96. The number of Topliss-reactive ketones (excluding diaryl/α,β-unsaturated/α-hetero) is 1. The standard InChI is InChI=1S/C23H32O4/c1-13(24)17-5-6-18-16-11-20-23(27-20)12-15(26-14(2)25)7-10-22(23,4)19(16)8-9-21(17,18)3/h5,15-16,18-20H,6-12H2,1-4H3/t15-,16+,18+,19+,20+,21-,22+,23-/m0/s1.